The van der Waals surface area contributed by atoms with E-state index in [2.05, 4.69) is 26.1 Å². The highest BCUT2D eigenvalue weighted by Crippen LogP contribution is 2.25. The van der Waals surface area contributed by atoms with Crippen LogP contribution in [-0.2, 0) is 4.74 Å². The Morgan fingerprint density at radius 3 is 2.95 bits per heavy atom. The molecule has 7 heteroatoms. The lowest BCUT2D eigenvalue weighted by Gasteiger charge is -2.26. The zero-order valence-electron chi connectivity index (χ0n) is 11.3. The van der Waals surface area contributed by atoms with Gasteiger partial charge in [0.15, 0.2) is 5.82 Å². The maximum absolute atomic E-state index is 13.5. The van der Waals surface area contributed by atoms with E-state index < -0.39 is 6.04 Å². The molecule has 1 heterocycles. The first-order valence-electron chi connectivity index (χ1n) is 6.79. The Balaban J connectivity index is 1.68. The number of ether oxygens (including phenoxy) is 1. The number of benzene rings is 1. The maximum Gasteiger partial charge on any atom is 0.258 e. The first-order chi connectivity index (χ1) is 10.1. The second-order valence-corrected chi connectivity index (χ2v) is 5.93. The summed E-state index contributed by atoms with van der Waals surface area (Å²) in [5.74, 6) is 0.230. The Labute approximate surface area is 129 Å². The summed E-state index contributed by atoms with van der Waals surface area (Å²) in [6.45, 7) is 0.359. The van der Waals surface area contributed by atoms with E-state index in [-0.39, 0.29) is 11.7 Å². The molecule has 0 bridgehead atoms. The first-order valence-corrected chi connectivity index (χ1v) is 7.59. The molecule has 112 valence electrons. The van der Waals surface area contributed by atoms with E-state index in [1.807, 2.05) is 0 Å². The lowest BCUT2D eigenvalue weighted by molar-refractivity contribution is -0.00549. The van der Waals surface area contributed by atoms with Gasteiger partial charge in [-0.15, -0.1) is 0 Å². The molecule has 1 aromatic heterocycles. The van der Waals surface area contributed by atoms with Gasteiger partial charge in [-0.05, 0) is 53.4 Å². The van der Waals surface area contributed by atoms with E-state index >= 15 is 0 Å². The van der Waals surface area contributed by atoms with E-state index in [1.54, 1.807) is 12.1 Å². The van der Waals surface area contributed by atoms with Crippen LogP contribution in [0.25, 0.3) is 11.5 Å². The van der Waals surface area contributed by atoms with Crippen LogP contribution < -0.4 is 5.73 Å². The van der Waals surface area contributed by atoms with Crippen LogP contribution in [0.4, 0.5) is 4.39 Å². The number of rotatable bonds is 5. The van der Waals surface area contributed by atoms with Gasteiger partial charge < -0.3 is 15.0 Å². The topological polar surface area (TPSA) is 74.2 Å². The minimum absolute atomic E-state index is 0.246. The van der Waals surface area contributed by atoms with Gasteiger partial charge in [-0.25, -0.2) is 4.39 Å². The predicted octanol–water partition coefficient (Wildman–Crippen LogP) is 3.21. The Morgan fingerprint density at radius 1 is 1.48 bits per heavy atom. The largest absolute Gasteiger partial charge is 0.376 e. The second kappa shape index (κ2) is 6.21. The summed E-state index contributed by atoms with van der Waals surface area (Å²) in [4.78, 5) is 4.21. The van der Waals surface area contributed by atoms with Crippen LogP contribution in [0.3, 0.4) is 0 Å². The summed E-state index contributed by atoms with van der Waals surface area (Å²) >= 11 is 3.10. The van der Waals surface area contributed by atoms with Gasteiger partial charge in [0.1, 0.15) is 5.82 Å². The van der Waals surface area contributed by atoms with E-state index in [1.165, 1.54) is 12.5 Å². The quantitative estimate of drug-likeness (QED) is 0.891. The molecule has 0 radical (unpaired) electrons. The van der Waals surface area contributed by atoms with Gasteiger partial charge in [0.2, 0.25) is 0 Å². The monoisotopic (exact) mass is 355 g/mol. The zero-order valence-corrected chi connectivity index (χ0v) is 12.8. The Bertz CT molecular complexity index is 630. The van der Waals surface area contributed by atoms with Crippen molar-refractivity contribution in [1.29, 1.82) is 0 Å². The van der Waals surface area contributed by atoms with Crippen LogP contribution in [0.15, 0.2) is 27.2 Å². The van der Waals surface area contributed by atoms with Gasteiger partial charge in [0.25, 0.3) is 5.89 Å². The van der Waals surface area contributed by atoms with Gasteiger partial charge in [-0.2, -0.15) is 4.98 Å². The smallest absolute Gasteiger partial charge is 0.258 e. The van der Waals surface area contributed by atoms with Crippen LogP contribution in [0, 0.1) is 5.82 Å². The van der Waals surface area contributed by atoms with Crippen molar-refractivity contribution in [3.8, 4) is 11.5 Å². The lowest BCUT2D eigenvalue weighted by atomic mass is 9.96. The molecule has 21 heavy (non-hydrogen) atoms. The van der Waals surface area contributed by atoms with Gasteiger partial charge in [0.05, 0.1) is 23.2 Å². The maximum atomic E-state index is 13.5. The summed E-state index contributed by atoms with van der Waals surface area (Å²) < 4.78 is 24.7. The molecule has 1 aliphatic carbocycles. The number of nitrogens with two attached hydrogens (primary N) is 1. The molecule has 0 aliphatic heterocycles. The van der Waals surface area contributed by atoms with Crippen molar-refractivity contribution in [3.05, 3.63) is 34.3 Å². The van der Waals surface area contributed by atoms with Crippen molar-refractivity contribution in [2.45, 2.75) is 31.4 Å². The molecule has 5 nitrogen and oxygen atoms in total. The molecule has 1 aliphatic rings. The van der Waals surface area contributed by atoms with Gasteiger partial charge >= 0.3 is 0 Å². The summed E-state index contributed by atoms with van der Waals surface area (Å²) in [5, 5.41) is 3.84. The standard InChI is InChI=1S/C14H15BrFN3O2/c15-10-5-4-8(6-11(10)16)14-18-13(19-21-14)12(17)7-20-9-2-1-3-9/h4-6,9,12H,1-3,7,17H2. The van der Waals surface area contributed by atoms with Crippen molar-refractivity contribution in [2.75, 3.05) is 6.61 Å². The SMILES string of the molecule is NC(COC1CCC1)c1noc(-c2ccc(Br)c(F)c2)n1. The van der Waals surface area contributed by atoms with Crippen molar-refractivity contribution < 1.29 is 13.7 Å². The van der Waals surface area contributed by atoms with Crippen molar-refractivity contribution >= 4 is 15.9 Å². The molecule has 0 amide bonds. The number of hydrogen-bond acceptors (Lipinski definition) is 5. The minimum atomic E-state index is -0.441. The molecule has 3 rings (SSSR count). The third kappa shape index (κ3) is 3.30. The van der Waals surface area contributed by atoms with E-state index in [4.69, 9.17) is 15.0 Å². The molecular weight excluding hydrogens is 341 g/mol. The molecule has 0 saturated heterocycles. The van der Waals surface area contributed by atoms with Gasteiger partial charge in [0, 0.05) is 5.56 Å². The summed E-state index contributed by atoms with van der Waals surface area (Å²) in [6, 6.07) is 4.18. The predicted molar refractivity (Wildman–Crippen MR) is 77.9 cm³/mol. The molecule has 2 aromatic rings. The molecule has 1 saturated carbocycles. The average Bonchev–Trinajstić information content (AvgIpc) is 2.89. The fourth-order valence-corrected chi connectivity index (χ4v) is 2.23. The van der Waals surface area contributed by atoms with Crippen LogP contribution in [0.1, 0.15) is 31.1 Å². The Hall–Kier alpha value is -1.31. The fraction of sp³-hybridized carbons (Fsp3) is 0.429. The number of hydrogen-bond donors (Lipinski definition) is 1. The molecule has 2 N–H and O–H groups in total. The molecule has 1 unspecified atom stereocenters. The zero-order chi connectivity index (χ0) is 14.8. The van der Waals surface area contributed by atoms with Crippen LogP contribution >= 0.6 is 15.9 Å². The van der Waals surface area contributed by atoms with Crippen molar-refractivity contribution in [2.24, 2.45) is 5.73 Å². The number of nitrogens with zero attached hydrogens (tertiary/aromatic N) is 2. The third-order valence-corrected chi connectivity index (χ3v) is 4.15. The highest BCUT2D eigenvalue weighted by molar-refractivity contribution is 9.10. The Kier molecular flexibility index (Phi) is 4.32. The first kappa shape index (κ1) is 14.6. The normalized spacial score (nSPS) is 16.7. The van der Waals surface area contributed by atoms with Crippen molar-refractivity contribution in [1.82, 2.24) is 10.1 Å². The van der Waals surface area contributed by atoms with E-state index in [0.717, 1.165) is 12.8 Å². The number of halogens is 2. The van der Waals surface area contributed by atoms with Gasteiger partial charge in [-0.1, -0.05) is 5.16 Å². The molecular formula is C14H15BrFN3O2. The minimum Gasteiger partial charge on any atom is -0.376 e. The lowest BCUT2D eigenvalue weighted by Crippen LogP contribution is -2.27. The van der Waals surface area contributed by atoms with Gasteiger partial charge in [-0.3, -0.25) is 0 Å². The summed E-state index contributed by atoms with van der Waals surface area (Å²) in [5.41, 5.74) is 6.49. The van der Waals surface area contributed by atoms with Crippen molar-refractivity contribution in [3.63, 3.8) is 0 Å². The highest BCUT2D eigenvalue weighted by Gasteiger charge is 2.21. The molecule has 1 fully saturated rings. The van der Waals surface area contributed by atoms with Crippen LogP contribution in [0.2, 0.25) is 0 Å². The summed E-state index contributed by atoms with van der Waals surface area (Å²) in [7, 11) is 0. The molecule has 1 atom stereocenters. The van der Waals surface area contributed by atoms with E-state index in [0.29, 0.717) is 28.6 Å². The highest BCUT2D eigenvalue weighted by atomic mass is 79.9. The second-order valence-electron chi connectivity index (χ2n) is 5.08. The summed E-state index contributed by atoms with van der Waals surface area (Å²) in [6.07, 6.45) is 3.69. The third-order valence-electron chi connectivity index (χ3n) is 3.50. The Morgan fingerprint density at radius 2 is 2.29 bits per heavy atom. The molecule has 1 aromatic carbocycles. The van der Waals surface area contributed by atoms with Crippen LogP contribution in [0.5, 0.6) is 0 Å². The molecule has 0 spiro atoms. The number of aromatic nitrogens is 2. The average molecular weight is 356 g/mol. The van der Waals surface area contributed by atoms with E-state index in [9.17, 15) is 4.39 Å². The van der Waals surface area contributed by atoms with Crippen LogP contribution in [-0.4, -0.2) is 22.9 Å². The fourth-order valence-electron chi connectivity index (χ4n) is 1.98.